The molecule has 0 unspecified atom stereocenters. The lowest BCUT2D eigenvalue weighted by atomic mass is 10.2. The molecule has 0 fully saturated rings. The van der Waals surface area contributed by atoms with Gasteiger partial charge in [-0.05, 0) is 48.5 Å². The summed E-state index contributed by atoms with van der Waals surface area (Å²) in [5.41, 5.74) is 0.207. The third-order valence-electron chi connectivity index (χ3n) is 3.51. The number of para-hydroxylation sites is 1. The van der Waals surface area contributed by atoms with Crippen LogP contribution >= 0.6 is 0 Å². The van der Waals surface area contributed by atoms with E-state index < -0.39 is 11.8 Å². The molecule has 0 aliphatic carbocycles. The third kappa shape index (κ3) is 3.68. The summed E-state index contributed by atoms with van der Waals surface area (Å²) in [6, 6.07) is 17.2. The second kappa shape index (κ2) is 7.45. The molecule has 0 aliphatic heterocycles. The van der Waals surface area contributed by atoms with Crippen LogP contribution in [0.5, 0.6) is 17.4 Å². The minimum atomic E-state index is -0.762. The first-order chi connectivity index (χ1) is 12.6. The number of benzene rings is 2. The average Bonchev–Trinajstić information content (AvgIpc) is 2.68. The second-order valence-electron chi connectivity index (χ2n) is 5.30. The van der Waals surface area contributed by atoms with E-state index in [0.29, 0.717) is 10.8 Å². The van der Waals surface area contributed by atoms with E-state index in [0.717, 1.165) is 0 Å². The average molecular weight is 349 g/mol. The van der Waals surface area contributed by atoms with E-state index in [2.05, 4.69) is 4.98 Å². The number of amides is 2. The van der Waals surface area contributed by atoms with Crippen LogP contribution in [0.15, 0.2) is 72.9 Å². The number of aromatic hydroxyl groups is 1. The van der Waals surface area contributed by atoms with Gasteiger partial charge >= 0.3 is 0 Å². The molecule has 2 amide bonds. The number of pyridine rings is 1. The third-order valence-corrected chi connectivity index (χ3v) is 3.51. The van der Waals surface area contributed by atoms with E-state index in [-0.39, 0.29) is 22.8 Å². The molecule has 1 heterocycles. The molecule has 7 heteroatoms. The number of hydrazine groups is 1. The summed E-state index contributed by atoms with van der Waals surface area (Å²) in [7, 11) is 0. The summed E-state index contributed by atoms with van der Waals surface area (Å²) < 4.78 is 5.62. The highest BCUT2D eigenvalue weighted by Crippen LogP contribution is 2.23. The van der Waals surface area contributed by atoms with Crippen molar-refractivity contribution in [3.8, 4) is 17.4 Å². The molecule has 0 atom stereocenters. The van der Waals surface area contributed by atoms with Gasteiger partial charge in [-0.1, -0.05) is 18.2 Å². The molecule has 7 nitrogen and oxygen atoms in total. The molecule has 0 saturated carbocycles. The molecule has 3 rings (SSSR count). The lowest BCUT2D eigenvalue weighted by molar-refractivity contribution is 0.0614. The maximum Gasteiger partial charge on any atom is 0.280 e. The number of ether oxygens (including phenoxy) is 1. The molecule has 0 spiro atoms. The van der Waals surface area contributed by atoms with Crippen molar-refractivity contribution in [3.05, 3.63) is 84.1 Å². The Morgan fingerprint density at radius 2 is 1.62 bits per heavy atom. The normalized spacial score (nSPS) is 10.2. The number of nitrogens with two attached hydrogens (primary N) is 1. The van der Waals surface area contributed by atoms with Gasteiger partial charge in [0, 0.05) is 11.8 Å². The van der Waals surface area contributed by atoms with Gasteiger partial charge in [-0.15, -0.1) is 0 Å². The van der Waals surface area contributed by atoms with Crippen molar-refractivity contribution in [2.45, 2.75) is 0 Å². The van der Waals surface area contributed by atoms with Gasteiger partial charge in [0.1, 0.15) is 17.1 Å². The number of rotatable bonds is 4. The number of phenols is 1. The zero-order valence-corrected chi connectivity index (χ0v) is 13.6. The van der Waals surface area contributed by atoms with Gasteiger partial charge in [0.05, 0.1) is 0 Å². The number of nitrogens with zero attached hydrogens (tertiary/aromatic N) is 2. The Morgan fingerprint density at radius 1 is 0.923 bits per heavy atom. The second-order valence-corrected chi connectivity index (χ2v) is 5.30. The zero-order chi connectivity index (χ0) is 18.5. The van der Waals surface area contributed by atoms with Crippen LogP contribution in [0, 0.1) is 0 Å². The lowest BCUT2D eigenvalue weighted by Gasteiger charge is -2.16. The highest BCUT2D eigenvalue weighted by molar-refractivity contribution is 6.10. The maximum atomic E-state index is 12.6. The van der Waals surface area contributed by atoms with E-state index >= 15 is 0 Å². The Bertz CT molecular complexity index is 927. The number of carbonyl (C=O) groups excluding carboxylic acids is 2. The van der Waals surface area contributed by atoms with Crippen LogP contribution < -0.4 is 10.6 Å². The summed E-state index contributed by atoms with van der Waals surface area (Å²) in [6.45, 7) is 0. The van der Waals surface area contributed by atoms with Gasteiger partial charge in [-0.25, -0.2) is 15.8 Å². The first kappa shape index (κ1) is 17.1. The van der Waals surface area contributed by atoms with Crippen LogP contribution in [-0.4, -0.2) is 26.9 Å². The highest BCUT2D eigenvalue weighted by atomic mass is 16.5. The van der Waals surface area contributed by atoms with Crippen molar-refractivity contribution in [1.29, 1.82) is 0 Å². The molecular weight excluding hydrogens is 334 g/mol. The van der Waals surface area contributed by atoms with Crippen LogP contribution in [0.1, 0.15) is 20.7 Å². The van der Waals surface area contributed by atoms with E-state index in [1.165, 1.54) is 36.5 Å². The molecule has 1 aromatic heterocycles. The monoisotopic (exact) mass is 349 g/mol. The van der Waals surface area contributed by atoms with Crippen LogP contribution in [0.3, 0.4) is 0 Å². The molecule has 130 valence electrons. The molecule has 0 aliphatic rings. The minimum absolute atomic E-state index is 0.00209. The molecule has 2 aromatic carbocycles. The smallest absolute Gasteiger partial charge is 0.280 e. The van der Waals surface area contributed by atoms with Crippen molar-refractivity contribution >= 4 is 11.8 Å². The van der Waals surface area contributed by atoms with Crippen LogP contribution in [0.4, 0.5) is 0 Å². The Hall–Kier alpha value is -3.71. The number of carbonyl (C=O) groups is 2. The van der Waals surface area contributed by atoms with Gasteiger partial charge in [0.2, 0.25) is 5.88 Å². The number of phenolic OH excluding ortho intramolecular Hbond substituents is 1. The standard InChI is InChI=1S/C19H15N3O4/c20-22(18(24)13-8-10-14(23)11-9-13)19(25)16-7-4-12-21-17(16)26-15-5-2-1-3-6-15/h1-12,23H,20H2. The number of hydrogen-bond acceptors (Lipinski definition) is 6. The quantitative estimate of drug-likeness (QED) is 0.325. The SMILES string of the molecule is NN(C(=O)c1ccc(O)cc1)C(=O)c1cccnc1Oc1ccccc1. The largest absolute Gasteiger partial charge is 0.508 e. The highest BCUT2D eigenvalue weighted by Gasteiger charge is 2.24. The van der Waals surface area contributed by atoms with E-state index in [4.69, 9.17) is 10.6 Å². The fraction of sp³-hybridized carbons (Fsp3) is 0. The first-order valence-corrected chi connectivity index (χ1v) is 7.66. The molecule has 3 aromatic rings. The van der Waals surface area contributed by atoms with E-state index in [9.17, 15) is 14.7 Å². The van der Waals surface area contributed by atoms with E-state index in [1.54, 1.807) is 30.3 Å². The molecule has 26 heavy (non-hydrogen) atoms. The number of aromatic nitrogens is 1. The summed E-state index contributed by atoms with van der Waals surface area (Å²) in [5, 5.41) is 9.78. The zero-order valence-electron chi connectivity index (χ0n) is 13.6. The van der Waals surface area contributed by atoms with Gasteiger partial charge in [0.25, 0.3) is 11.8 Å². The first-order valence-electron chi connectivity index (χ1n) is 7.66. The van der Waals surface area contributed by atoms with Gasteiger partial charge in [-0.3, -0.25) is 9.59 Å². The maximum absolute atomic E-state index is 12.6. The minimum Gasteiger partial charge on any atom is -0.508 e. The van der Waals surface area contributed by atoms with Crippen molar-refractivity contribution < 1.29 is 19.4 Å². The van der Waals surface area contributed by atoms with Gasteiger partial charge in [-0.2, -0.15) is 0 Å². The lowest BCUT2D eigenvalue weighted by Crippen LogP contribution is -2.42. The summed E-state index contributed by atoms with van der Waals surface area (Å²) in [5.74, 6) is 4.77. The predicted molar refractivity (Wildman–Crippen MR) is 93.5 cm³/mol. The Balaban J connectivity index is 1.85. The fourth-order valence-corrected chi connectivity index (χ4v) is 2.20. The van der Waals surface area contributed by atoms with Gasteiger partial charge in [0.15, 0.2) is 0 Å². The van der Waals surface area contributed by atoms with Crippen LogP contribution in [0.25, 0.3) is 0 Å². The van der Waals surface area contributed by atoms with Crippen molar-refractivity contribution in [2.75, 3.05) is 0 Å². The van der Waals surface area contributed by atoms with Gasteiger partial charge < -0.3 is 9.84 Å². The fourth-order valence-electron chi connectivity index (χ4n) is 2.20. The molecule has 0 bridgehead atoms. The summed E-state index contributed by atoms with van der Waals surface area (Å²) in [4.78, 5) is 29.1. The molecule has 0 saturated heterocycles. The van der Waals surface area contributed by atoms with Crippen molar-refractivity contribution in [3.63, 3.8) is 0 Å². The van der Waals surface area contributed by atoms with Crippen LogP contribution in [0.2, 0.25) is 0 Å². The Kier molecular flexibility index (Phi) is 4.91. The topological polar surface area (TPSA) is 106 Å². The Morgan fingerprint density at radius 3 is 2.31 bits per heavy atom. The molecular formula is C19H15N3O4. The summed E-state index contributed by atoms with van der Waals surface area (Å²) >= 11 is 0. The molecule has 0 radical (unpaired) electrons. The molecule has 3 N–H and O–H groups in total. The number of hydrogen-bond donors (Lipinski definition) is 2. The van der Waals surface area contributed by atoms with E-state index in [1.807, 2.05) is 6.07 Å². The number of imide groups is 1. The Labute approximate surface area is 149 Å². The summed E-state index contributed by atoms with van der Waals surface area (Å²) in [6.07, 6.45) is 1.47. The van der Waals surface area contributed by atoms with Crippen molar-refractivity contribution in [1.82, 2.24) is 9.99 Å². The van der Waals surface area contributed by atoms with Crippen LogP contribution in [-0.2, 0) is 0 Å². The van der Waals surface area contributed by atoms with Crippen molar-refractivity contribution in [2.24, 2.45) is 5.84 Å². The predicted octanol–water partition coefficient (Wildman–Crippen LogP) is 2.74.